The average Bonchev–Trinajstić information content (AvgIpc) is 0.798. The van der Waals surface area contributed by atoms with Gasteiger partial charge < -0.3 is 96.0 Å². The molecule has 18 rings (SSSR count). The molecule has 19 nitrogen and oxygen atoms in total. The number of fused-ring (bicyclic) bond motifs is 6. The molecule has 6 heterocycles. The SMILES string of the molecule is COc1ccccc1-c1cccc2c1OC(CN)CO2.Cc1cccc(-c2cccc3c2OC(CN)CO3)c1C.Cc1ccccc1-c1cccc2c1OC(CN)CO2.NCC1COc2cccc(-c3ccccc3C(F)(F)F)c2O1.NCC1COc2cccc(-c3ccccc3Cl)c2O1.NCC1COc2cccc(-c3ccccc3F)c2O1. The fourth-order valence-electron chi connectivity index (χ4n) is 13.9. The Morgan fingerprint density at radius 2 is 0.571 bits per heavy atom. The lowest BCUT2D eigenvalue weighted by atomic mass is 9.96. The monoisotopic (exact) mass is 1640 g/mol. The van der Waals surface area contributed by atoms with Crippen LogP contribution in [0, 0.1) is 26.6 Å². The molecular weight excluding hydrogens is 1540 g/mol. The van der Waals surface area contributed by atoms with Crippen LogP contribution in [0.4, 0.5) is 17.6 Å². The Morgan fingerprint density at radius 3 is 0.941 bits per heavy atom. The van der Waals surface area contributed by atoms with Crippen molar-refractivity contribution in [1.82, 2.24) is 0 Å². The van der Waals surface area contributed by atoms with E-state index < -0.39 is 11.7 Å². The number of hydrogen-bond donors (Lipinski definition) is 6. The summed E-state index contributed by atoms with van der Waals surface area (Å²) in [6.07, 6.45) is -5.38. The highest BCUT2D eigenvalue weighted by Crippen LogP contribution is 2.50. The van der Waals surface area contributed by atoms with Crippen molar-refractivity contribution in [2.45, 2.75) is 63.6 Å². The van der Waals surface area contributed by atoms with Crippen molar-refractivity contribution >= 4 is 11.6 Å². The number of ether oxygens (including phenoxy) is 13. The molecule has 0 bridgehead atoms. The van der Waals surface area contributed by atoms with E-state index in [-0.39, 0.29) is 61.2 Å². The van der Waals surface area contributed by atoms with E-state index >= 15 is 0 Å². The van der Waals surface area contributed by atoms with Crippen LogP contribution in [0.3, 0.4) is 0 Å². The minimum atomic E-state index is -4.44. The van der Waals surface area contributed by atoms with Gasteiger partial charge in [0.2, 0.25) is 0 Å². The summed E-state index contributed by atoms with van der Waals surface area (Å²) in [7, 11) is 1.66. The molecule has 12 aromatic rings. The van der Waals surface area contributed by atoms with Crippen LogP contribution in [-0.4, -0.2) is 123 Å². The first kappa shape index (κ1) is 84.7. The Hall–Kier alpha value is -12.2. The number of hydrogen-bond acceptors (Lipinski definition) is 19. The molecule has 0 aromatic heterocycles. The first-order valence-corrected chi connectivity index (χ1v) is 39.5. The second-order valence-electron chi connectivity index (χ2n) is 28.3. The van der Waals surface area contributed by atoms with Gasteiger partial charge in [-0.1, -0.05) is 200 Å². The summed E-state index contributed by atoms with van der Waals surface area (Å²) >= 11 is 6.25. The largest absolute Gasteiger partial charge is 0.496 e. The van der Waals surface area contributed by atoms with Gasteiger partial charge >= 0.3 is 6.18 Å². The molecule has 6 unspecified atom stereocenters. The molecule has 0 amide bonds. The lowest BCUT2D eigenvalue weighted by Gasteiger charge is -2.28. The number of para-hydroxylation sites is 7. The second kappa shape index (κ2) is 39.8. The predicted molar refractivity (Wildman–Crippen MR) is 456 cm³/mol. The first-order chi connectivity index (χ1) is 57.9. The van der Waals surface area contributed by atoms with E-state index in [1.165, 1.54) is 46.0 Å². The minimum Gasteiger partial charge on any atom is -0.496 e. The summed E-state index contributed by atoms with van der Waals surface area (Å²) in [5.41, 5.74) is 46.8. The normalized spacial score (nSPS) is 17.2. The average molecular weight is 1640 g/mol. The molecule has 12 aromatic carbocycles. The number of halogens is 5. The van der Waals surface area contributed by atoms with E-state index in [1.807, 2.05) is 140 Å². The molecule has 6 aliphatic rings. The topological polar surface area (TPSA) is 276 Å². The van der Waals surface area contributed by atoms with Gasteiger partial charge in [-0.2, -0.15) is 13.2 Å². The fraction of sp³-hybridized carbons (Fsp3) is 0.242. The van der Waals surface area contributed by atoms with E-state index in [9.17, 15) is 17.6 Å². The number of nitrogens with two attached hydrogens (primary N) is 6. The highest BCUT2D eigenvalue weighted by Gasteiger charge is 2.36. The zero-order valence-electron chi connectivity index (χ0n) is 66.3. The van der Waals surface area contributed by atoms with Crippen molar-refractivity contribution < 1.29 is 79.1 Å². The van der Waals surface area contributed by atoms with Crippen LogP contribution in [0.5, 0.6) is 74.7 Å². The maximum atomic E-state index is 13.9. The van der Waals surface area contributed by atoms with Crippen molar-refractivity contribution in [2.75, 3.05) is 86.0 Å². The van der Waals surface area contributed by atoms with Gasteiger partial charge in [0, 0.05) is 94.4 Å². The van der Waals surface area contributed by atoms with Crippen LogP contribution in [0.1, 0.15) is 22.3 Å². The van der Waals surface area contributed by atoms with E-state index in [0.29, 0.717) is 110 Å². The summed E-state index contributed by atoms with van der Waals surface area (Å²) < 4.78 is 128. The summed E-state index contributed by atoms with van der Waals surface area (Å²) in [5, 5.41) is 0.689. The number of methoxy groups -OCH3 is 1. The first-order valence-electron chi connectivity index (χ1n) is 39.1. The van der Waals surface area contributed by atoms with Gasteiger partial charge in [-0.05, 0) is 115 Å². The summed E-state index contributed by atoms with van der Waals surface area (Å²) in [4.78, 5) is 0. The van der Waals surface area contributed by atoms with Crippen molar-refractivity contribution in [3.63, 3.8) is 0 Å². The standard InChI is InChI=1S/C17H19NO2.C16H14F3NO2.C16H17NO3.C16H17NO2.C15H14ClNO2.C15H14FNO2/c1-11-5-3-6-14(12(11)2)15-7-4-8-16-17(15)20-13(9-18)10-19-16;17-16(18,19)13-6-2-1-4-11(13)12-5-3-7-14-15(12)22-10(8-20)9-21-14;1-18-14-7-3-2-5-12(14)13-6-4-8-15-16(13)20-11(9-17)10-19-15;1-11-5-2-3-6-13(11)14-7-4-8-15-16(14)19-12(9-17)10-18-15;2*16-13-6-2-1-4-11(13)12-5-3-7-14-15(12)19-10(8-17)9-18-14/h3-8,13H,9-10,18H2,1-2H3;1-7,10H,8-9,20H2;2-8,11H,9-10,17H2,1H3;2-8,12H,9-10,17H2,1H3;2*1-7,10H,8-9,17H2. The predicted octanol–water partition coefficient (Wildman–Crippen LogP) is 17.5. The molecule has 24 heteroatoms. The Balaban J connectivity index is 0.000000124. The smallest absolute Gasteiger partial charge is 0.417 e. The van der Waals surface area contributed by atoms with Crippen molar-refractivity contribution in [3.05, 3.63) is 282 Å². The van der Waals surface area contributed by atoms with Crippen LogP contribution in [-0.2, 0) is 6.18 Å². The Kier molecular flexibility index (Phi) is 28.4. The van der Waals surface area contributed by atoms with Crippen molar-refractivity contribution in [2.24, 2.45) is 34.4 Å². The third-order valence-electron chi connectivity index (χ3n) is 20.3. The van der Waals surface area contributed by atoms with Crippen LogP contribution in [0.15, 0.2) is 249 Å². The van der Waals surface area contributed by atoms with Gasteiger partial charge in [-0.3, -0.25) is 0 Å². The molecule has 119 heavy (non-hydrogen) atoms. The molecule has 0 saturated heterocycles. The zero-order valence-corrected chi connectivity index (χ0v) is 67.0. The van der Waals surface area contributed by atoms with E-state index in [0.717, 1.165) is 91.2 Å². The lowest BCUT2D eigenvalue weighted by molar-refractivity contribution is -0.137. The lowest BCUT2D eigenvalue weighted by Crippen LogP contribution is -2.35. The van der Waals surface area contributed by atoms with Gasteiger partial charge in [0.25, 0.3) is 0 Å². The Labute approximate surface area is 694 Å². The van der Waals surface area contributed by atoms with Crippen molar-refractivity contribution in [3.8, 4) is 142 Å². The summed E-state index contributed by atoms with van der Waals surface area (Å²) in [5.74, 6) is 8.60. The summed E-state index contributed by atoms with van der Waals surface area (Å²) in [6, 6.07) is 76.1. The van der Waals surface area contributed by atoms with Crippen LogP contribution in [0.2, 0.25) is 5.02 Å². The number of benzene rings is 12. The number of aryl methyl sites for hydroxylation is 2. The third kappa shape index (κ3) is 20.0. The molecule has 0 saturated carbocycles. The van der Waals surface area contributed by atoms with E-state index in [4.69, 9.17) is 108 Å². The molecule has 0 fully saturated rings. The van der Waals surface area contributed by atoms with Crippen LogP contribution < -0.4 is 96.0 Å². The van der Waals surface area contributed by atoms with Gasteiger partial charge in [0.1, 0.15) is 87.8 Å². The van der Waals surface area contributed by atoms with E-state index in [1.54, 1.807) is 49.6 Å². The molecule has 618 valence electrons. The maximum Gasteiger partial charge on any atom is 0.417 e. The quantitative estimate of drug-likeness (QED) is 0.0585. The van der Waals surface area contributed by atoms with Gasteiger partial charge in [-0.15, -0.1) is 0 Å². The molecule has 6 atom stereocenters. The highest BCUT2D eigenvalue weighted by molar-refractivity contribution is 6.33. The molecule has 0 spiro atoms. The molecule has 6 aliphatic heterocycles. The van der Waals surface area contributed by atoms with Crippen LogP contribution in [0.25, 0.3) is 66.8 Å². The highest BCUT2D eigenvalue weighted by atomic mass is 35.5. The van der Waals surface area contributed by atoms with Crippen molar-refractivity contribution in [1.29, 1.82) is 0 Å². The van der Waals surface area contributed by atoms with Crippen LogP contribution >= 0.6 is 11.6 Å². The minimum absolute atomic E-state index is 0.0631. The number of rotatable bonds is 13. The zero-order chi connectivity index (χ0) is 83.5. The Morgan fingerprint density at radius 1 is 0.303 bits per heavy atom. The van der Waals surface area contributed by atoms with E-state index in [2.05, 4.69) is 63.2 Å². The molecular formula is C95H95ClF4N6O13. The Bertz CT molecular complexity index is 5200. The fourth-order valence-corrected chi connectivity index (χ4v) is 14.1. The van der Waals surface area contributed by atoms with Gasteiger partial charge in [0.05, 0.1) is 12.7 Å². The van der Waals surface area contributed by atoms with Gasteiger partial charge in [-0.25, -0.2) is 4.39 Å². The maximum absolute atomic E-state index is 13.9. The third-order valence-corrected chi connectivity index (χ3v) is 20.6. The molecule has 12 N–H and O–H groups in total. The number of alkyl halides is 3. The van der Waals surface area contributed by atoms with Gasteiger partial charge in [0.15, 0.2) is 69.0 Å². The summed E-state index contributed by atoms with van der Waals surface area (Å²) in [6.45, 7) is 11.4. The molecule has 0 radical (unpaired) electrons. The molecule has 0 aliphatic carbocycles. The second-order valence-corrected chi connectivity index (χ2v) is 28.7.